The van der Waals surface area contributed by atoms with Crippen LogP contribution in [0.3, 0.4) is 0 Å². The third kappa shape index (κ3) is 4.21. The van der Waals surface area contributed by atoms with Crippen LogP contribution in [0.25, 0.3) is 11.1 Å². The molecule has 3 aromatic carbocycles. The summed E-state index contributed by atoms with van der Waals surface area (Å²) in [5.74, 6) is -0.825. The summed E-state index contributed by atoms with van der Waals surface area (Å²) in [6, 6.07) is 20.3. The molecule has 0 spiro atoms. The van der Waals surface area contributed by atoms with Gasteiger partial charge in [0.1, 0.15) is 5.82 Å². The number of nitrogens with zero attached hydrogens (tertiary/aromatic N) is 2. The highest BCUT2D eigenvalue weighted by Gasteiger charge is 2.35. The zero-order valence-electron chi connectivity index (χ0n) is 18.8. The quantitative estimate of drug-likeness (QED) is 0.474. The van der Waals surface area contributed by atoms with Crippen LogP contribution in [0.2, 0.25) is 0 Å². The Morgan fingerprint density at radius 1 is 0.818 bits per heavy atom. The maximum Gasteiger partial charge on any atom is 0.261 e. The maximum absolute atomic E-state index is 13.2. The molecule has 1 unspecified atom stereocenters. The van der Waals surface area contributed by atoms with Gasteiger partial charge in [-0.15, -0.1) is 0 Å². The van der Waals surface area contributed by atoms with E-state index < -0.39 is 0 Å². The monoisotopic (exact) mass is 442 g/mol. The van der Waals surface area contributed by atoms with Crippen LogP contribution in [0.1, 0.15) is 57.7 Å². The second kappa shape index (κ2) is 8.91. The third-order valence-electron chi connectivity index (χ3n) is 6.92. The van der Waals surface area contributed by atoms with E-state index in [1.807, 2.05) is 0 Å². The number of carbonyl (C=O) groups excluding carboxylic acids is 2. The van der Waals surface area contributed by atoms with Crippen LogP contribution >= 0.6 is 0 Å². The van der Waals surface area contributed by atoms with Crippen molar-refractivity contribution in [1.82, 2.24) is 9.80 Å². The van der Waals surface area contributed by atoms with Crippen molar-refractivity contribution in [2.75, 3.05) is 19.6 Å². The standard InChI is InChI=1S/C28H27FN2O2/c1-19(30-15-2-3-16-30)21-6-4-20(5-7-21)14-17-31-27(32)25-13-10-23(18-26(25)28(31)33)22-8-11-24(29)12-9-22/h4-13,18-19H,2-3,14-17H2,1H3. The molecule has 4 nitrogen and oxygen atoms in total. The number of fused-ring (bicyclic) bond motifs is 1. The smallest absolute Gasteiger partial charge is 0.261 e. The molecule has 0 aromatic heterocycles. The van der Waals surface area contributed by atoms with E-state index in [2.05, 4.69) is 36.1 Å². The van der Waals surface area contributed by atoms with E-state index in [0.717, 1.165) is 29.8 Å². The first kappa shape index (κ1) is 21.5. The lowest BCUT2D eigenvalue weighted by Crippen LogP contribution is -2.31. The lowest BCUT2D eigenvalue weighted by Gasteiger charge is -2.24. The largest absolute Gasteiger partial charge is 0.297 e. The van der Waals surface area contributed by atoms with Gasteiger partial charge in [0.05, 0.1) is 11.1 Å². The molecule has 2 heterocycles. The van der Waals surface area contributed by atoms with Gasteiger partial charge in [0.15, 0.2) is 0 Å². The number of halogens is 1. The minimum atomic E-state index is -0.309. The lowest BCUT2D eigenvalue weighted by molar-refractivity contribution is 0.0656. The highest BCUT2D eigenvalue weighted by molar-refractivity contribution is 6.21. The van der Waals surface area contributed by atoms with Crippen LogP contribution in [0, 0.1) is 5.82 Å². The molecule has 33 heavy (non-hydrogen) atoms. The van der Waals surface area contributed by atoms with E-state index in [4.69, 9.17) is 0 Å². The van der Waals surface area contributed by atoms with Crippen molar-refractivity contribution < 1.29 is 14.0 Å². The van der Waals surface area contributed by atoms with Gasteiger partial charge in [0.25, 0.3) is 11.8 Å². The number of imide groups is 1. The van der Waals surface area contributed by atoms with Crippen LogP contribution in [0.4, 0.5) is 4.39 Å². The van der Waals surface area contributed by atoms with E-state index in [9.17, 15) is 14.0 Å². The zero-order valence-corrected chi connectivity index (χ0v) is 18.8. The number of amides is 2. The van der Waals surface area contributed by atoms with Gasteiger partial charge in [-0.3, -0.25) is 19.4 Å². The Bertz CT molecular complexity index is 1180. The number of hydrogen-bond acceptors (Lipinski definition) is 3. The number of benzene rings is 3. The van der Waals surface area contributed by atoms with Crippen molar-refractivity contribution >= 4 is 11.8 Å². The van der Waals surface area contributed by atoms with Crippen molar-refractivity contribution in [2.24, 2.45) is 0 Å². The van der Waals surface area contributed by atoms with Crippen molar-refractivity contribution in [3.8, 4) is 11.1 Å². The minimum Gasteiger partial charge on any atom is -0.297 e. The van der Waals surface area contributed by atoms with Gasteiger partial charge >= 0.3 is 0 Å². The van der Waals surface area contributed by atoms with Gasteiger partial charge in [0.2, 0.25) is 0 Å². The van der Waals surface area contributed by atoms with E-state index in [1.54, 1.807) is 30.3 Å². The molecule has 0 aliphatic carbocycles. The number of hydrogen-bond donors (Lipinski definition) is 0. The second-order valence-electron chi connectivity index (χ2n) is 8.94. The molecule has 0 N–H and O–H groups in total. The van der Waals surface area contributed by atoms with Gasteiger partial charge in [-0.05, 0) is 85.8 Å². The lowest BCUT2D eigenvalue weighted by atomic mass is 10.0. The van der Waals surface area contributed by atoms with E-state index in [-0.39, 0.29) is 17.6 Å². The molecule has 1 saturated heterocycles. The van der Waals surface area contributed by atoms with Gasteiger partial charge in [-0.25, -0.2) is 4.39 Å². The molecule has 0 radical (unpaired) electrons. The van der Waals surface area contributed by atoms with Gasteiger partial charge in [-0.1, -0.05) is 42.5 Å². The first-order valence-corrected chi connectivity index (χ1v) is 11.6. The van der Waals surface area contributed by atoms with Gasteiger partial charge in [-0.2, -0.15) is 0 Å². The molecule has 5 rings (SSSR count). The summed E-state index contributed by atoms with van der Waals surface area (Å²) in [6.45, 7) is 4.91. The first-order chi connectivity index (χ1) is 16.0. The average Bonchev–Trinajstić information content (AvgIpc) is 3.46. The SMILES string of the molecule is CC(c1ccc(CCN2C(=O)c3ccc(-c4ccc(F)cc4)cc3C2=O)cc1)N1CCCC1. The van der Waals surface area contributed by atoms with Gasteiger partial charge < -0.3 is 0 Å². The van der Waals surface area contributed by atoms with Crippen molar-refractivity contribution in [1.29, 1.82) is 0 Å². The summed E-state index contributed by atoms with van der Waals surface area (Å²) >= 11 is 0. The topological polar surface area (TPSA) is 40.6 Å². The number of carbonyl (C=O) groups is 2. The molecule has 3 aromatic rings. The summed E-state index contributed by atoms with van der Waals surface area (Å²) in [6.07, 6.45) is 3.16. The Morgan fingerprint density at radius 3 is 2.15 bits per heavy atom. The van der Waals surface area contributed by atoms with Crippen molar-refractivity contribution in [2.45, 2.75) is 32.2 Å². The normalized spacial score (nSPS) is 17.0. The molecule has 1 atom stereocenters. The summed E-state index contributed by atoms with van der Waals surface area (Å²) in [4.78, 5) is 29.7. The Balaban J connectivity index is 1.26. The summed E-state index contributed by atoms with van der Waals surface area (Å²) in [5, 5.41) is 0. The predicted octanol–water partition coefficient (Wildman–Crippen LogP) is 5.49. The number of likely N-dealkylation sites (tertiary alicyclic amines) is 1. The molecule has 2 aliphatic rings. The Labute approximate surface area is 193 Å². The molecule has 0 saturated carbocycles. The maximum atomic E-state index is 13.2. The van der Waals surface area contributed by atoms with E-state index in [1.165, 1.54) is 35.4 Å². The molecular weight excluding hydrogens is 415 g/mol. The third-order valence-corrected chi connectivity index (χ3v) is 6.92. The molecule has 2 amide bonds. The Hall–Kier alpha value is -3.31. The van der Waals surface area contributed by atoms with Crippen LogP contribution in [-0.4, -0.2) is 41.2 Å². The fourth-order valence-corrected chi connectivity index (χ4v) is 4.86. The fourth-order valence-electron chi connectivity index (χ4n) is 4.86. The summed E-state index contributed by atoms with van der Waals surface area (Å²) in [5.41, 5.74) is 4.85. The summed E-state index contributed by atoms with van der Waals surface area (Å²) < 4.78 is 13.2. The second-order valence-corrected chi connectivity index (χ2v) is 8.94. The Morgan fingerprint density at radius 2 is 1.45 bits per heavy atom. The molecular formula is C28H27FN2O2. The minimum absolute atomic E-state index is 0.250. The molecule has 1 fully saturated rings. The van der Waals surface area contributed by atoms with Crippen LogP contribution in [0.5, 0.6) is 0 Å². The van der Waals surface area contributed by atoms with Crippen LogP contribution < -0.4 is 0 Å². The van der Waals surface area contributed by atoms with E-state index >= 15 is 0 Å². The highest BCUT2D eigenvalue weighted by Crippen LogP contribution is 2.29. The summed E-state index contributed by atoms with van der Waals surface area (Å²) in [7, 11) is 0. The highest BCUT2D eigenvalue weighted by atomic mass is 19.1. The van der Waals surface area contributed by atoms with Crippen LogP contribution in [0.15, 0.2) is 66.7 Å². The number of rotatable bonds is 6. The molecule has 0 bridgehead atoms. The molecule has 2 aliphatic heterocycles. The van der Waals surface area contributed by atoms with Crippen molar-refractivity contribution in [3.63, 3.8) is 0 Å². The van der Waals surface area contributed by atoms with E-state index in [0.29, 0.717) is 30.1 Å². The first-order valence-electron chi connectivity index (χ1n) is 11.6. The average molecular weight is 443 g/mol. The fraction of sp³-hybridized carbons (Fsp3) is 0.286. The zero-order chi connectivity index (χ0) is 22.9. The Kier molecular flexibility index (Phi) is 5.81. The predicted molar refractivity (Wildman–Crippen MR) is 127 cm³/mol. The molecule has 5 heteroatoms. The molecule has 168 valence electrons. The van der Waals surface area contributed by atoms with Crippen LogP contribution in [-0.2, 0) is 6.42 Å². The van der Waals surface area contributed by atoms with Gasteiger partial charge in [0, 0.05) is 12.6 Å². The van der Waals surface area contributed by atoms with Crippen molar-refractivity contribution in [3.05, 3.63) is 94.8 Å².